The SMILES string of the molecule is CCNc1nc(NCC)nc(N2n3c(nc4sc5c(c4c3=O)CCCC5)SCC2(O)c2ccc(Cl)cc2)n1. The highest BCUT2D eigenvalue weighted by Crippen LogP contribution is 2.42. The standard InChI is InChI=1S/C25H27ClN8O2S2/c1-3-27-21-30-22(28-4-2)32-23(31-21)34-25(36,14-9-11-15(26)12-10-14)13-37-24-29-19-18(20(35)33(24)34)16-7-5-6-8-17(16)38-19/h9-12,36H,3-8,13H2,1-2H3,(H2,27,28,30,31,32). The summed E-state index contributed by atoms with van der Waals surface area (Å²) < 4.78 is 1.44. The van der Waals surface area contributed by atoms with Crippen molar-refractivity contribution in [2.24, 2.45) is 0 Å². The number of hydrogen-bond donors (Lipinski definition) is 3. The maximum atomic E-state index is 14.3. The van der Waals surface area contributed by atoms with E-state index in [0.29, 0.717) is 46.1 Å². The van der Waals surface area contributed by atoms with E-state index in [-0.39, 0.29) is 17.3 Å². The first-order valence-corrected chi connectivity index (χ1v) is 14.8. The minimum absolute atomic E-state index is 0.123. The highest BCUT2D eigenvalue weighted by atomic mass is 35.5. The van der Waals surface area contributed by atoms with Crippen molar-refractivity contribution in [3.05, 3.63) is 55.6 Å². The number of aliphatic hydroxyl groups is 1. The van der Waals surface area contributed by atoms with Gasteiger partial charge in [-0.25, -0.2) is 9.99 Å². The molecular weight excluding hydrogens is 544 g/mol. The highest BCUT2D eigenvalue weighted by molar-refractivity contribution is 7.99. The van der Waals surface area contributed by atoms with Crippen LogP contribution in [0.15, 0.2) is 34.2 Å². The third kappa shape index (κ3) is 4.19. The van der Waals surface area contributed by atoms with Crippen molar-refractivity contribution in [1.29, 1.82) is 0 Å². The zero-order chi connectivity index (χ0) is 26.4. The number of anilines is 3. The number of benzene rings is 1. The molecule has 0 bridgehead atoms. The summed E-state index contributed by atoms with van der Waals surface area (Å²) in [6.07, 6.45) is 3.96. The van der Waals surface area contributed by atoms with Crippen molar-refractivity contribution in [2.45, 2.75) is 50.4 Å². The van der Waals surface area contributed by atoms with Crippen molar-refractivity contribution in [3.8, 4) is 0 Å². The number of fused-ring (bicyclic) bond motifs is 4. The van der Waals surface area contributed by atoms with Gasteiger partial charge in [0.05, 0.1) is 11.1 Å². The topological polar surface area (TPSA) is 121 Å². The van der Waals surface area contributed by atoms with Gasteiger partial charge < -0.3 is 15.7 Å². The van der Waals surface area contributed by atoms with Crippen LogP contribution in [0.25, 0.3) is 10.2 Å². The van der Waals surface area contributed by atoms with Crippen LogP contribution in [0.4, 0.5) is 17.8 Å². The maximum Gasteiger partial charge on any atom is 0.282 e. The largest absolute Gasteiger partial charge is 0.365 e. The molecule has 0 radical (unpaired) electrons. The summed E-state index contributed by atoms with van der Waals surface area (Å²) in [7, 11) is 0. The van der Waals surface area contributed by atoms with Crippen LogP contribution < -0.4 is 21.2 Å². The molecule has 3 aromatic heterocycles. The summed E-state index contributed by atoms with van der Waals surface area (Å²) in [6, 6.07) is 6.94. The molecule has 13 heteroatoms. The Hall–Kier alpha value is -2.93. The average molecular weight is 571 g/mol. The summed E-state index contributed by atoms with van der Waals surface area (Å²) in [5.41, 5.74) is -0.285. The van der Waals surface area contributed by atoms with Crippen LogP contribution in [-0.2, 0) is 18.6 Å². The number of thioether (sulfide) groups is 1. The first kappa shape index (κ1) is 25.4. The van der Waals surface area contributed by atoms with Gasteiger partial charge in [0.25, 0.3) is 11.5 Å². The fraction of sp³-hybridized carbons (Fsp3) is 0.400. The van der Waals surface area contributed by atoms with Crippen LogP contribution in [0.1, 0.15) is 42.7 Å². The first-order valence-electron chi connectivity index (χ1n) is 12.7. The molecule has 0 saturated heterocycles. The number of aromatic nitrogens is 5. The predicted molar refractivity (Wildman–Crippen MR) is 153 cm³/mol. The van der Waals surface area contributed by atoms with E-state index >= 15 is 0 Å². The Balaban J connectivity index is 1.64. The number of rotatable bonds is 6. The van der Waals surface area contributed by atoms with Crippen LogP contribution >= 0.6 is 34.7 Å². The van der Waals surface area contributed by atoms with Gasteiger partial charge in [-0.15, -0.1) is 11.3 Å². The molecule has 3 N–H and O–H groups in total. The Morgan fingerprint density at radius 3 is 2.39 bits per heavy atom. The van der Waals surface area contributed by atoms with E-state index in [1.54, 1.807) is 35.6 Å². The lowest BCUT2D eigenvalue weighted by atomic mass is 9.97. The third-order valence-electron chi connectivity index (χ3n) is 6.68. The molecule has 1 aliphatic heterocycles. The van der Waals surface area contributed by atoms with E-state index < -0.39 is 5.72 Å². The lowest BCUT2D eigenvalue weighted by Crippen LogP contribution is -2.58. The summed E-state index contributed by atoms with van der Waals surface area (Å²) >= 11 is 9.11. The molecule has 198 valence electrons. The van der Waals surface area contributed by atoms with Crippen LogP contribution in [0, 0.1) is 0 Å². The molecule has 2 aliphatic rings. The fourth-order valence-corrected chi connectivity index (χ4v) is 7.45. The van der Waals surface area contributed by atoms with Crippen molar-refractivity contribution in [1.82, 2.24) is 24.6 Å². The Kier molecular flexibility index (Phi) is 6.67. The molecule has 38 heavy (non-hydrogen) atoms. The highest BCUT2D eigenvalue weighted by Gasteiger charge is 2.46. The molecule has 10 nitrogen and oxygen atoms in total. The van der Waals surface area contributed by atoms with Crippen molar-refractivity contribution in [3.63, 3.8) is 0 Å². The van der Waals surface area contributed by atoms with Crippen LogP contribution in [0.5, 0.6) is 0 Å². The second-order valence-corrected chi connectivity index (χ2v) is 11.6. The molecule has 1 aromatic carbocycles. The van der Waals surface area contributed by atoms with Gasteiger partial charge in [0, 0.05) is 28.6 Å². The Bertz CT molecular complexity index is 1550. The summed E-state index contributed by atoms with van der Waals surface area (Å²) in [5, 5.41) is 21.7. The Labute approximate surface area is 232 Å². The second kappa shape index (κ2) is 9.99. The quantitative estimate of drug-likeness (QED) is 0.290. The smallest absolute Gasteiger partial charge is 0.282 e. The van der Waals surface area contributed by atoms with Gasteiger partial charge in [0.15, 0.2) is 10.9 Å². The molecule has 4 heterocycles. The molecule has 0 fully saturated rings. The van der Waals surface area contributed by atoms with Crippen molar-refractivity contribution in [2.75, 3.05) is 34.5 Å². The summed E-state index contributed by atoms with van der Waals surface area (Å²) in [5.74, 6) is 0.984. The Morgan fingerprint density at radius 1 is 1.03 bits per heavy atom. The zero-order valence-corrected chi connectivity index (χ0v) is 23.4. The van der Waals surface area contributed by atoms with Crippen molar-refractivity contribution >= 4 is 62.8 Å². The minimum atomic E-state index is -1.67. The molecule has 1 atom stereocenters. The van der Waals surface area contributed by atoms with Gasteiger partial charge >= 0.3 is 0 Å². The van der Waals surface area contributed by atoms with E-state index in [1.807, 2.05) is 13.8 Å². The molecule has 6 rings (SSSR count). The van der Waals surface area contributed by atoms with Gasteiger partial charge in [0.2, 0.25) is 11.9 Å². The van der Waals surface area contributed by atoms with Gasteiger partial charge in [0.1, 0.15) is 4.83 Å². The minimum Gasteiger partial charge on any atom is -0.365 e. The maximum absolute atomic E-state index is 14.3. The molecule has 1 aliphatic carbocycles. The molecule has 4 aromatic rings. The van der Waals surface area contributed by atoms with E-state index in [1.165, 1.54) is 26.3 Å². The van der Waals surface area contributed by atoms with Gasteiger partial charge in [-0.05, 0) is 57.2 Å². The van der Waals surface area contributed by atoms with E-state index in [9.17, 15) is 9.90 Å². The fourth-order valence-electron chi connectivity index (χ4n) is 4.95. The summed E-state index contributed by atoms with van der Waals surface area (Å²) in [4.78, 5) is 34.9. The lowest BCUT2D eigenvalue weighted by molar-refractivity contribution is 0.0384. The molecule has 1 unspecified atom stereocenters. The monoisotopic (exact) mass is 570 g/mol. The molecule has 0 spiro atoms. The molecule has 0 amide bonds. The number of hydrogen-bond acceptors (Lipinski definition) is 11. The number of nitrogens with zero attached hydrogens (tertiary/aromatic N) is 6. The van der Waals surface area contributed by atoms with E-state index in [0.717, 1.165) is 36.1 Å². The lowest BCUT2D eigenvalue weighted by Gasteiger charge is -2.43. The normalized spacial score (nSPS) is 18.8. The Morgan fingerprint density at radius 2 is 1.71 bits per heavy atom. The third-order valence-corrected chi connectivity index (χ3v) is 9.19. The zero-order valence-electron chi connectivity index (χ0n) is 21.0. The van der Waals surface area contributed by atoms with Crippen molar-refractivity contribution < 1.29 is 5.11 Å². The summed E-state index contributed by atoms with van der Waals surface area (Å²) in [6.45, 7) is 5.06. The van der Waals surface area contributed by atoms with Gasteiger partial charge in [-0.3, -0.25) is 4.79 Å². The van der Waals surface area contributed by atoms with E-state index in [2.05, 4.69) is 25.6 Å². The van der Waals surface area contributed by atoms with Gasteiger partial charge in [-0.2, -0.15) is 19.6 Å². The first-order chi connectivity index (χ1) is 18.4. The second-order valence-electron chi connectivity index (χ2n) is 9.17. The average Bonchev–Trinajstić information content (AvgIpc) is 3.28. The predicted octanol–water partition coefficient (Wildman–Crippen LogP) is 4.26. The van der Waals surface area contributed by atoms with Crippen LogP contribution in [0.3, 0.4) is 0 Å². The number of aryl methyl sites for hydroxylation is 2. The molecular formula is C25H27ClN8O2S2. The van der Waals surface area contributed by atoms with Crippen LogP contribution in [-0.4, -0.2) is 48.6 Å². The van der Waals surface area contributed by atoms with Crippen LogP contribution in [0.2, 0.25) is 5.02 Å². The number of thiophene rings is 1. The molecule has 0 saturated carbocycles. The number of nitrogens with one attached hydrogen (secondary N) is 2. The van der Waals surface area contributed by atoms with E-state index in [4.69, 9.17) is 16.6 Å². The number of halogens is 1. The van der Waals surface area contributed by atoms with Gasteiger partial charge in [-0.1, -0.05) is 35.5 Å².